The molecule has 0 aliphatic carbocycles. The summed E-state index contributed by atoms with van der Waals surface area (Å²) in [5.41, 5.74) is 3.57. The van der Waals surface area contributed by atoms with E-state index in [2.05, 4.69) is 0 Å². The molecule has 1 heterocycles. The van der Waals surface area contributed by atoms with Gasteiger partial charge in [-0.15, -0.1) is 0 Å². The summed E-state index contributed by atoms with van der Waals surface area (Å²) < 4.78 is 18.5. The molecule has 0 saturated carbocycles. The average molecular weight is 425 g/mol. The van der Waals surface area contributed by atoms with Crippen molar-refractivity contribution in [2.45, 2.75) is 51.9 Å². The summed E-state index contributed by atoms with van der Waals surface area (Å²) >= 11 is 0. The van der Waals surface area contributed by atoms with Gasteiger partial charge in [0, 0.05) is 22.1 Å². The first-order valence-electron chi connectivity index (χ1n) is 9.90. The first-order chi connectivity index (χ1) is 14.0. The summed E-state index contributed by atoms with van der Waals surface area (Å²) in [6.45, 7) is 11.5. The van der Waals surface area contributed by atoms with E-state index in [0.29, 0.717) is 11.3 Å². The predicted molar refractivity (Wildman–Crippen MR) is 122 cm³/mol. The molecular weight excluding hydrogens is 396 g/mol. The van der Waals surface area contributed by atoms with Gasteiger partial charge in [0.2, 0.25) is 0 Å². The van der Waals surface area contributed by atoms with Crippen molar-refractivity contribution in [3.05, 3.63) is 80.9 Å². The lowest BCUT2D eigenvalue weighted by atomic mass is 9.90. The Morgan fingerprint density at radius 1 is 0.900 bits per heavy atom. The normalized spacial score (nSPS) is 12.7. The summed E-state index contributed by atoms with van der Waals surface area (Å²) in [7, 11) is -1.27. The monoisotopic (exact) mass is 424 g/mol. The maximum atomic E-state index is 12.9. The summed E-state index contributed by atoms with van der Waals surface area (Å²) in [6, 6.07) is 13.0. The Bertz CT molecular complexity index is 1150. The molecule has 0 amide bonds. The predicted octanol–water partition coefficient (Wildman–Crippen LogP) is 5.33. The Morgan fingerprint density at radius 2 is 1.47 bits per heavy atom. The minimum Gasteiger partial charge on any atom is -0.507 e. The molecule has 1 N–H and O–H groups in total. The van der Waals surface area contributed by atoms with Crippen molar-refractivity contribution in [2.24, 2.45) is 0 Å². The van der Waals surface area contributed by atoms with E-state index in [1.165, 1.54) is 6.07 Å². The molecule has 1 aromatic heterocycles. The van der Waals surface area contributed by atoms with Crippen LogP contribution in [0.15, 0.2) is 56.6 Å². The van der Waals surface area contributed by atoms with Crippen molar-refractivity contribution in [2.75, 3.05) is 5.75 Å². The SMILES string of the molecule is Cc1ccc(S(=O)CC(C)(C)c2cc(O)c(-c3c(C)cc(C)cc3C)c(=O)o2)cc1. The van der Waals surface area contributed by atoms with E-state index in [1.807, 2.05) is 77.9 Å². The first kappa shape index (κ1) is 22.0. The third-order valence-electron chi connectivity index (χ3n) is 5.30. The molecule has 1 atom stereocenters. The molecule has 0 bridgehead atoms. The summed E-state index contributed by atoms with van der Waals surface area (Å²) in [4.78, 5) is 13.6. The van der Waals surface area contributed by atoms with Crippen LogP contribution < -0.4 is 5.63 Å². The van der Waals surface area contributed by atoms with Gasteiger partial charge in [0.15, 0.2) is 0 Å². The van der Waals surface area contributed by atoms with Gasteiger partial charge in [-0.1, -0.05) is 49.2 Å². The number of benzene rings is 2. The molecule has 4 nitrogen and oxygen atoms in total. The van der Waals surface area contributed by atoms with Gasteiger partial charge in [-0.25, -0.2) is 4.79 Å². The van der Waals surface area contributed by atoms with Crippen LogP contribution >= 0.6 is 0 Å². The highest BCUT2D eigenvalue weighted by atomic mass is 32.2. The number of aryl methyl sites for hydroxylation is 4. The lowest BCUT2D eigenvalue weighted by Gasteiger charge is -2.23. The second-order valence-electron chi connectivity index (χ2n) is 8.62. The molecule has 0 spiro atoms. The van der Waals surface area contributed by atoms with E-state index >= 15 is 0 Å². The first-order valence-corrected chi connectivity index (χ1v) is 11.2. The van der Waals surface area contributed by atoms with Crippen LogP contribution in [0.1, 0.15) is 41.9 Å². The molecule has 158 valence electrons. The van der Waals surface area contributed by atoms with E-state index in [-0.39, 0.29) is 17.1 Å². The molecule has 3 rings (SSSR count). The molecule has 0 saturated heterocycles. The quantitative estimate of drug-likeness (QED) is 0.601. The number of rotatable bonds is 5. The molecule has 5 heteroatoms. The van der Waals surface area contributed by atoms with Gasteiger partial charge in [-0.3, -0.25) is 4.21 Å². The zero-order valence-electron chi connectivity index (χ0n) is 18.3. The van der Waals surface area contributed by atoms with Crippen LogP contribution in [0.25, 0.3) is 11.1 Å². The average Bonchev–Trinajstić information content (AvgIpc) is 2.63. The van der Waals surface area contributed by atoms with Crippen molar-refractivity contribution >= 4 is 10.8 Å². The van der Waals surface area contributed by atoms with Crippen molar-refractivity contribution in [3.8, 4) is 16.9 Å². The molecule has 3 aromatic rings. The minimum atomic E-state index is -1.27. The molecule has 0 aliphatic heterocycles. The maximum absolute atomic E-state index is 12.9. The second-order valence-corrected chi connectivity index (χ2v) is 10.1. The molecule has 0 fully saturated rings. The van der Waals surface area contributed by atoms with Crippen molar-refractivity contribution < 1.29 is 13.7 Å². The van der Waals surface area contributed by atoms with Crippen LogP contribution in [0.4, 0.5) is 0 Å². The second kappa shape index (κ2) is 8.23. The lowest BCUT2D eigenvalue weighted by molar-refractivity contribution is 0.368. The summed E-state index contributed by atoms with van der Waals surface area (Å²) in [5, 5.41) is 10.8. The smallest absolute Gasteiger partial charge is 0.347 e. The van der Waals surface area contributed by atoms with Crippen LogP contribution in [0, 0.1) is 27.7 Å². The topological polar surface area (TPSA) is 67.5 Å². The maximum Gasteiger partial charge on any atom is 0.347 e. The van der Waals surface area contributed by atoms with Gasteiger partial charge in [0.25, 0.3) is 0 Å². The van der Waals surface area contributed by atoms with E-state index < -0.39 is 21.8 Å². The van der Waals surface area contributed by atoms with Crippen LogP contribution in [-0.2, 0) is 16.2 Å². The van der Waals surface area contributed by atoms with Gasteiger partial charge in [-0.05, 0) is 56.5 Å². The van der Waals surface area contributed by atoms with Crippen molar-refractivity contribution in [1.82, 2.24) is 0 Å². The van der Waals surface area contributed by atoms with Crippen molar-refractivity contribution in [3.63, 3.8) is 0 Å². The molecule has 2 aromatic carbocycles. The minimum absolute atomic E-state index is 0.120. The number of aromatic hydroxyl groups is 1. The molecule has 30 heavy (non-hydrogen) atoms. The largest absolute Gasteiger partial charge is 0.507 e. The van der Waals surface area contributed by atoms with E-state index in [9.17, 15) is 14.1 Å². The Hall–Kier alpha value is -2.66. The van der Waals surface area contributed by atoms with Crippen LogP contribution in [-0.4, -0.2) is 15.1 Å². The van der Waals surface area contributed by atoms with Gasteiger partial charge in [0.1, 0.15) is 17.1 Å². The molecule has 0 radical (unpaired) electrons. The fourth-order valence-electron chi connectivity index (χ4n) is 3.79. The number of hydrogen-bond donors (Lipinski definition) is 1. The van der Waals surface area contributed by atoms with Crippen molar-refractivity contribution in [1.29, 1.82) is 0 Å². The standard InChI is InChI=1S/C25H28O4S/c1-15-7-9-19(10-8-15)30(28)14-25(5,6)21-13-20(26)23(24(27)29-21)22-17(3)11-16(2)12-18(22)4/h7-13,26H,14H2,1-6H3. The third-order valence-corrected chi connectivity index (χ3v) is 7.08. The molecule has 0 aliphatic rings. The van der Waals surface area contributed by atoms with Gasteiger partial charge in [-0.2, -0.15) is 0 Å². The fraction of sp³-hybridized carbons (Fsp3) is 0.320. The van der Waals surface area contributed by atoms with E-state index in [4.69, 9.17) is 4.42 Å². The van der Waals surface area contributed by atoms with Crippen LogP contribution in [0.3, 0.4) is 0 Å². The van der Waals surface area contributed by atoms with E-state index in [1.54, 1.807) is 0 Å². The van der Waals surface area contributed by atoms with Gasteiger partial charge in [0.05, 0.1) is 10.8 Å². The summed E-state index contributed by atoms with van der Waals surface area (Å²) in [5.74, 6) is 0.461. The zero-order valence-corrected chi connectivity index (χ0v) is 19.1. The van der Waals surface area contributed by atoms with Gasteiger partial charge < -0.3 is 9.52 Å². The summed E-state index contributed by atoms with van der Waals surface area (Å²) in [6.07, 6.45) is 0. The Balaban J connectivity index is 1.99. The highest BCUT2D eigenvalue weighted by Gasteiger charge is 2.30. The Morgan fingerprint density at radius 3 is 2.00 bits per heavy atom. The van der Waals surface area contributed by atoms with Crippen LogP contribution in [0.5, 0.6) is 5.75 Å². The number of hydrogen-bond acceptors (Lipinski definition) is 4. The Kier molecular flexibility index (Phi) is 6.04. The highest BCUT2D eigenvalue weighted by molar-refractivity contribution is 7.85. The van der Waals surface area contributed by atoms with E-state index in [0.717, 1.165) is 27.1 Å². The van der Waals surface area contributed by atoms with Crippen LogP contribution in [0.2, 0.25) is 0 Å². The Labute approximate surface area is 180 Å². The lowest BCUT2D eigenvalue weighted by Crippen LogP contribution is -2.27. The molecule has 1 unspecified atom stereocenters. The van der Waals surface area contributed by atoms with Gasteiger partial charge >= 0.3 is 5.63 Å². The zero-order chi connectivity index (χ0) is 22.2. The fourth-order valence-corrected chi connectivity index (χ4v) is 5.20. The third kappa shape index (κ3) is 4.41. The molecular formula is C25H28O4S. The highest BCUT2D eigenvalue weighted by Crippen LogP contribution is 2.35.